The predicted octanol–water partition coefficient (Wildman–Crippen LogP) is 6.26. The van der Waals surface area contributed by atoms with Crippen molar-refractivity contribution < 1.29 is 13.2 Å². The summed E-state index contributed by atoms with van der Waals surface area (Å²) in [5.41, 5.74) is -0.582. The number of piperidine rings is 1. The lowest BCUT2D eigenvalue weighted by Crippen LogP contribution is -2.40. The normalized spacial score (nSPS) is 24.2. The number of nitriles is 1. The Morgan fingerprint density at radius 3 is 2.38 bits per heavy atom. The maximum atomic E-state index is 15.7. The van der Waals surface area contributed by atoms with E-state index in [0.717, 1.165) is 45.1 Å². The van der Waals surface area contributed by atoms with Crippen LogP contribution in [0.15, 0.2) is 35.4 Å². The Hall–Kier alpha value is -3.45. The number of fused-ring (bicyclic) bond motifs is 10. The van der Waals surface area contributed by atoms with Crippen molar-refractivity contribution in [2.75, 3.05) is 25.0 Å². The molecule has 1 N–H and O–H groups in total. The van der Waals surface area contributed by atoms with Crippen LogP contribution in [0, 0.1) is 23.1 Å². The Labute approximate surface area is 243 Å². The summed E-state index contributed by atoms with van der Waals surface area (Å²) in [7, 11) is 0. The Morgan fingerprint density at radius 1 is 0.952 bits per heavy atom. The predicted molar refractivity (Wildman–Crippen MR) is 155 cm³/mol. The molecular weight excluding hydrogens is 541 g/mol. The first-order valence-corrected chi connectivity index (χ1v) is 15.3. The molecule has 4 aliphatic rings. The summed E-state index contributed by atoms with van der Waals surface area (Å²) < 4.78 is 48.7. The van der Waals surface area contributed by atoms with Crippen molar-refractivity contribution in [1.82, 2.24) is 19.4 Å². The van der Waals surface area contributed by atoms with Crippen molar-refractivity contribution in [2.45, 2.75) is 88.6 Å². The van der Waals surface area contributed by atoms with Gasteiger partial charge in [0.1, 0.15) is 23.6 Å². The molecule has 10 heteroatoms. The van der Waals surface area contributed by atoms with Crippen LogP contribution in [0.3, 0.4) is 0 Å². The third kappa shape index (κ3) is 5.39. The lowest BCUT2D eigenvalue weighted by molar-refractivity contribution is -0.0880. The fourth-order valence-electron chi connectivity index (χ4n) is 6.64. The van der Waals surface area contributed by atoms with Gasteiger partial charge in [-0.05, 0) is 64.2 Å². The zero-order valence-electron chi connectivity index (χ0n) is 23.8. The van der Waals surface area contributed by atoms with E-state index in [4.69, 9.17) is 0 Å². The van der Waals surface area contributed by atoms with Crippen molar-refractivity contribution in [3.05, 3.63) is 63.5 Å². The topological polar surface area (TPSA) is 86.8 Å². The second kappa shape index (κ2) is 11.7. The van der Waals surface area contributed by atoms with Gasteiger partial charge in [0.15, 0.2) is 0 Å². The summed E-state index contributed by atoms with van der Waals surface area (Å²) in [5, 5.41) is 13.6. The second-order valence-electron chi connectivity index (χ2n) is 12.2. The van der Waals surface area contributed by atoms with Gasteiger partial charge in [-0.1, -0.05) is 43.9 Å². The lowest BCUT2D eigenvalue weighted by atomic mass is 9.85. The molecule has 0 radical (unpaired) electrons. The average molecular weight is 579 g/mol. The molecule has 1 saturated heterocycles. The standard InChI is InChI=1S/C32H37F3N6O/c33-27-22-8-7-9-25(27)32(34,35)23-10-16-40(17-11-23)14-5-3-1-2-4-6-15-41-29-24(28(37-19-22)38-21-39-29)18-26(30(41)42)31(20-36)12-13-31/h7-9,18,21,23H,1-6,10-17,19H2,(H,37,38,39). The second-order valence-corrected chi connectivity index (χ2v) is 12.2. The van der Waals surface area contributed by atoms with Gasteiger partial charge in [-0.3, -0.25) is 9.36 Å². The lowest BCUT2D eigenvalue weighted by Gasteiger charge is -2.36. The molecule has 42 heavy (non-hydrogen) atoms. The number of rotatable bonds is 1. The van der Waals surface area contributed by atoms with Crippen LogP contribution < -0.4 is 10.9 Å². The summed E-state index contributed by atoms with van der Waals surface area (Å²) in [6, 6.07) is 8.21. The number of aryl methyl sites for hydroxylation is 1. The highest BCUT2D eigenvalue weighted by molar-refractivity contribution is 5.87. The molecule has 3 aliphatic heterocycles. The minimum Gasteiger partial charge on any atom is -0.365 e. The van der Waals surface area contributed by atoms with Crippen molar-refractivity contribution in [1.29, 1.82) is 5.26 Å². The summed E-state index contributed by atoms with van der Waals surface area (Å²) >= 11 is 0. The zero-order valence-corrected chi connectivity index (χ0v) is 23.8. The number of benzene rings is 1. The van der Waals surface area contributed by atoms with Crippen LogP contribution in [-0.4, -0.2) is 39.1 Å². The first kappa shape index (κ1) is 28.7. The van der Waals surface area contributed by atoms with E-state index in [1.807, 2.05) is 0 Å². The van der Waals surface area contributed by atoms with E-state index >= 15 is 13.2 Å². The van der Waals surface area contributed by atoms with Crippen LogP contribution in [0.2, 0.25) is 0 Å². The number of aromatic nitrogens is 3. The average Bonchev–Trinajstić information content (AvgIpc) is 3.79. The highest BCUT2D eigenvalue weighted by Crippen LogP contribution is 2.47. The van der Waals surface area contributed by atoms with Gasteiger partial charge in [-0.2, -0.15) is 5.26 Å². The summed E-state index contributed by atoms with van der Waals surface area (Å²) in [6.45, 7) is 2.51. The van der Waals surface area contributed by atoms with E-state index in [0.29, 0.717) is 67.7 Å². The van der Waals surface area contributed by atoms with E-state index in [9.17, 15) is 10.1 Å². The summed E-state index contributed by atoms with van der Waals surface area (Å²) in [6.07, 6.45) is 9.26. The van der Waals surface area contributed by atoms with Gasteiger partial charge in [-0.15, -0.1) is 0 Å². The molecule has 2 fully saturated rings. The minimum absolute atomic E-state index is 0.0713. The van der Waals surface area contributed by atoms with E-state index in [-0.39, 0.29) is 17.7 Å². The Balaban J connectivity index is 1.38. The van der Waals surface area contributed by atoms with Crippen LogP contribution >= 0.6 is 0 Å². The van der Waals surface area contributed by atoms with Crippen molar-refractivity contribution >= 4 is 16.9 Å². The number of alkyl halides is 2. The van der Waals surface area contributed by atoms with Gasteiger partial charge in [0, 0.05) is 30.1 Å². The highest BCUT2D eigenvalue weighted by Gasteiger charge is 2.48. The Kier molecular flexibility index (Phi) is 7.97. The molecule has 0 amide bonds. The summed E-state index contributed by atoms with van der Waals surface area (Å²) in [5.74, 6) is -4.71. The molecule has 1 aliphatic carbocycles. The van der Waals surface area contributed by atoms with Crippen molar-refractivity contribution in [2.24, 2.45) is 5.92 Å². The molecule has 5 heterocycles. The maximum Gasteiger partial charge on any atom is 0.278 e. The molecule has 8 bridgehead atoms. The van der Waals surface area contributed by atoms with E-state index in [1.54, 1.807) is 10.6 Å². The van der Waals surface area contributed by atoms with Gasteiger partial charge in [0.05, 0.1) is 22.4 Å². The van der Waals surface area contributed by atoms with E-state index < -0.39 is 28.6 Å². The number of hydrogen-bond acceptors (Lipinski definition) is 6. The van der Waals surface area contributed by atoms with Crippen LogP contribution in [0.1, 0.15) is 80.9 Å². The van der Waals surface area contributed by atoms with E-state index in [1.165, 1.54) is 24.5 Å². The SMILES string of the molecule is N#CC1(c2cc3c4ncnc3n(c2=O)CCCCCCCCN2CCC(CC2)C(F)(F)c2cccc(c2F)CN4)CC1. The van der Waals surface area contributed by atoms with Gasteiger partial charge in [0.25, 0.3) is 11.5 Å². The van der Waals surface area contributed by atoms with Crippen LogP contribution in [0.25, 0.3) is 11.0 Å². The first-order valence-electron chi connectivity index (χ1n) is 15.3. The number of hydrogen-bond donors (Lipinski definition) is 1. The molecule has 3 aromatic rings. The first-order chi connectivity index (χ1) is 20.3. The molecule has 7 nitrogen and oxygen atoms in total. The van der Waals surface area contributed by atoms with Crippen LogP contribution in [0.4, 0.5) is 19.0 Å². The summed E-state index contributed by atoms with van der Waals surface area (Å²) in [4.78, 5) is 24.7. The fourth-order valence-corrected chi connectivity index (χ4v) is 6.64. The minimum atomic E-state index is -3.27. The van der Waals surface area contributed by atoms with Crippen molar-refractivity contribution in [3.8, 4) is 6.07 Å². The van der Waals surface area contributed by atoms with Gasteiger partial charge in [0.2, 0.25) is 0 Å². The molecule has 2 aromatic heterocycles. The number of pyridine rings is 1. The zero-order chi connectivity index (χ0) is 29.3. The number of nitrogens with one attached hydrogen (secondary N) is 1. The Bertz CT molecular complexity index is 1550. The smallest absolute Gasteiger partial charge is 0.278 e. The molecule has 1 aromatic carbocycles. The molecule has 222 valence electrons. The number of halogens is 3. The monoisotopic (exact) mass is 578 g/mol. The van der Waals surface area contributed by atoms with Gasteiger partial charge >= 0.3 is 0 Å². The third-order valence-electron chi connectivity index (χ3n) is 9.45. The maximum absolute atomic E-state index is 15.7. The molecule has 0 atom stereocenters. The van der Waals surface area contributed by atoms with Gasteiger partial charge < -0.3 is 10.2 Å². The van der Waals surface area contributed by atoms with E-state index in [2.05, 4.69) is 26.3 Å². The van der Waals surface area contributed by atoms with Gasteiger partial charge in [-0.25, -0.2) is 23.1 Å². The molecule has 7 rings (SSSR count). The molecular formula is C32H37F3N6O. The number of nitrogens with zero attached hydrogens (tertiary/aromatic N) is 5. The highest BCUT2D eigenvalue weighted by atomic mass is 19.3. The molecule has 1 saturated carbocycles. The number of anilines is 1. The fraction of sp³-hybridized carbons (Fsp3) is 0.562. The molecule has 0 unspecified atom stereocenters. The molecule has 0 spiro atoms. The quantitative estimate of drug-likeness (QED) is 0.367. The van der Waals surface area contributed by atoms with Crippen molar-refractivity contribution in [3.63, 3.8) is 0 Å². The Morgan fingerprint density at radius 2 is 1.67 bits per heavy atom. The largest absolute Gasteiger partial charge is 0.365 e. The van der Waals surface area contributed by atoms with Crippen LogP contribution in [-0.2, 0) is 24.4 Å². The van der Waals surface area contributed by atoms with Crippen LogP contribution in [0.5, 0.6) is 0 Å². The third-order valence-corrected chi connectivity index (χ3v) is 9.45.